The van der Waals surface area contributed by atoms with Gasteiger partial charge in [-0.15, -0.1) is 0 Å². The number of aromatic nitrogens is 1. The summed E-state index contributed by atoms with van der Waals surface area (Å²) in [5.41, 5.74) is 2.15. The summed E-state index contributed by atoms with van der Waals surface area (Å²) in [6.07, 6.45) is -0.322. The number of ether oxygens (including phenoxy) is 3. The van der Waals surface area contributed by atoms with Gasteiger partial charge in [-0.05, 0) is 100 Å². The van der Waals surface area contributed by atoms with Crippen LogP contribution in [0.3, 0.4) is 0 Å². The number of nitrogens with one attached hydrogen (secondary N) is 3. The molecular weight excluding hydrogens is 638 g/mol. The number of carbonyl (C=O) groups excluding carboxylic acids is 4. The Balaban J connectivity index is 1.41. The van der Waals surface area contributed by atoms with Gasteiger partial charge in [0.1, 0.15) is 11.2 Å². The SMILES string of the molecule is CC(C)(C)OC(=O)N(C(=O)OC(C)(C)C)c1nccc2cc(NCC3C(=O)NCc4cccc(c4)NC(=O)OCCc4ccc3cc4)ccc12. The maximum atomic E-state index is 13.7. The fourth-order valence-electron chi connectivity index (χ4n) is 5.30. The number of rotatable bonds is 4. The van der Waals surface area contributed by atoms with Crippen LogP contribution in [0, 0.1) is 0 Å². The van der Waals surface area contributed by atoms with Gasteiger partial charge in [-0.3, -0.25) is 10.1 Å². The van der Waals surface area contributed by atoms with Crippen LogP contribution in [0.25, 0.3) is 10.8 Å². The van der Waals surface area contributed by atoms with Gasteiger partial charge in [0, 0.05) is 42.5 Å². The summed E-state index contributed by atoms with van der Waals surface area (Å²) in [5, 5.41) is 10.4. The number of fused-ring (bicyclic) bond motifs is 10. The molecule has 50 heavy (non-hydrogen) atoms. The summed E-state index contributed by atoms with van der Waals surface area (Å²) in [7, 11) is 0. The van der Waals surface area contributed by atoms with Crippen LogP contribution in [0.15, 0.2) is 79.0 Å². The predicted molar refractivity (Wildman–Crippen MR) is 191 cm³/mol. The van der Waals surface area contributed by atoms with Crippen LogP contribution in [0.4, 0.5) is 31.6 Å². The van der Waals surface area contributed by atoms with Crippen molar-refractivity contribution >= 4 is 52.2 Å². The molecule has 2 aliphatic heterocycles. The van der Waals surface area contributed by atoms with E-state index < -0.39 is 35.4 Å². The minimum atomic E-state index is -0.907. The second-order valence-electron chi connectivity index (χ2n) is 14.0. The number of imide groups is 1. The van der Waals surface area contributed by atoms with Gasteiger partial charge >= 0.3 is 18.3 Å². The topological polar surface area (TPSA) is 148 Å². The van der Waals surface area contributed by atoms with E-state index in [2.05, 4.69) is 20.9 Å². The van der Waals surface area contributed by atoms with Gasteiger partial charge in [-0.2, -0.15) is 4.90 Å². The maximum absolute atomic E-state index is 13.7. The molecule has 4 aromatic rings. The third-order valence-electron chi connectivity index (χ3n) is 7.58. The molecule has 4 amide bonds. The molecule has 12 nitrogen and oxygen atoms in total. The average molecular weight is 682 g/mol. The van der Waals surface area contributed by atoms with Gasteiger partial charge in [0.25, 0.3) is 0 Å². The summed E-state index contributed by atoms with van der Waals surface area (Å²) in [5.74, 6) is -0.647. The normalized spacial score (nSPS) is 15.4. The minimum absolute atomic E-state index is 0.0728. The molecule has 3 N–H and O–H groups in total. The monoisotopic (exact) mass is 681 g/mol. The Morgan fingerprint density at radius 3 is 2.28 bits per heavy atom. The zero-order valence-electron chi connectivity index (χ0n) is 29.2. The summed E-state index contributed by atoms with van der Waals surface area (Å²) in [6, 6.07) is 22.1. The molecule has 262 valence electrons. The molecule has 0 radical (unpaired) electrons. The molecule has 0 saturated heterocycles. The zero-order chi connectivity index (χ0) is 36.1. The molecule has 6 rings (SSSR count). The number of benzene rings is 3. The van der Waals surface area contributed by atoms with Crippen molar-refractivity contribution in [1.82, 2.24) is 10.3 Å². The predicted octanol–water partition coefficient (Wildman–Crippen LogP) is 7.53. The summed E-state index contributed by atoms with van der Waals surface area (Å²) < 4.78 is 16.5. The molecule has 1 atom stereocenters. The first kappa shape index (κ1) is 35.7. The largest absolute Gasteiger partial charge is 0.449 e. The summed E-state index contributed by atoms with van der Waals surface area (Å²) in [4.78, 5) is 57.7. The van der Waals surface area contributed by atoms with Gasteiger partial charge in [0.15, 0.2) is 5.82 Å². The highest BCUT2D eigenvalue weighted by Crippen LogP contribution is 2.30. The Kier molecular flexibility index (Phi) is 10.6. The number of nitrogens with zero attached hydrogens (tertiary/aromatic N) is 2. The van der Waals surface area contributed by atoms with Crippen molar-refractivity contribution in [3.8, 4) is 0 Å². The van der Waals surface area contributed by atoms with E-state index in [1.807, 2.05) is 36.4 Å². The van der Waals surface area contributed by atoms with Crippen molar-refractivity contribution in [1.29, 1.82) is 0 Å². The third-order valence-corrected chi connectivity index (χ3v) is 7.58. The van der Waals surface area contributed by atoms with Crippen molar-refractivity contribution in [2.45, 2.75) is 71.6 Å². The van der Waals surface area contributed by atoms with Crippen molar-refractivity contribution in [3.05, 3.63) is 95.7 Å². The van der Waals surface area contributed by atoms with Gasteiger partial charge in [0.05, 0.1) is 12.5 Å². The van der Waals surface area contributed by atoms with Crippen LogP contribution in [0.5, 0.6) is 0 Å². The number of hydrogen-bond donors (Lipinski definition) is 3. The first-order valence-corrected chi connectivity index (χ1v) is 16.4. The highest BCUT2D eigenvalue weighted by molar-refractivity contribution is 6.14. The molecule has 3 aromatic carbocycles. The molecule has 4 bridgehead atoms. The standard InChI is InChI=1S/C38H43N5O7/c1-37(2,3)49-35(46)43(36(47)50-38(4,5)6)32-30-15-14-28(21-27(30)16-18-39-32)40-23-31-26-12-10-24(11-13-26)17-19-48-34(45)42-29-9-7-8-25(20-29)22-41-33(31)44/h7-16,18,20-21,31,40H,17,19,22-23H2,1-6H3,(H,41,44)(H,42,45). The second kappa shape index (κ2) is 14.9. The molecule has 3 heterocycles. The van der Waals surface area contributed by atoms with Crippen molar-refractivity contribution in [2.75, 3.05) is 28.7 Å². The average Bonchev–Trinajstić information content (AvgIpc) is 3.02. The number of pyridine rings is 1. The third kappa shape index (κ3) is 9.49. The number of carbonyl (C=O) groups is 4. The maximum Gasteiger partial charge on any atom is 0.425 e. The fourth-order valence-corrected chi connectivity index (χ4v) is 5.30. The Morgan fingerprint density at radius 1 is 0.900 bits per heavy atom. The highest BCUT2D eigenvalue weighted by Gasteiger charge is 2.34. The van der Waals surface area contributed by atoms with Crippen LogP contribution >= 0.6 is 0 Å². The van der Waals surface area contributed by atoms with Crippen molar-refractivity contribution < 1.29 is 33.4 Å². The van der Waals surface area contributed by atoms with E-state index in [1.54, 1.807) is 77.9 Å². The van der Waals surface area contributed by atoms with Gasteiger partial charge < -0.3 is 24.8 Å². The number of hydrogen-bond acceptors (Lipinski definition) is 9. The second-order valence-corrected chi connectivity index (χ2v) is 14.0. The Bertz CT molecular complexity index is 1850. The van der Waals surface area contributed by atoms with Crippen molar-refractivity contribution in [3.63, 3.8) is 0 Å². The molecular formula is C38H43N5O7. The van der Waals surface area contributed by atoms with E-state index in [9.17, 15) is 19.2 Å². The van der Waals surface area contributed by atoms with E-state index in [4.69, 9.17) is 14.2 Å². The Morgan fingerprint density at radius 2 is 1.60 bits per heavy atom. The lowest BCUT2D eigenvalue weighted by Gasteiger charge is -2.28. The van der Waals surface area contributed by atoms with Gasteiger partial charge in [-0.25, -0.2) is 19.4 Å². The first-order chi connectivity index (χ1) is 23.6. The fraction of sp³-hybridized carbons (Fsp3) is 0.342. The number of amides is 4. The highest BCUT2D eigenvalue weighted by atomic mass is 16.6. The Labute approximate surface area is 291 Å². The van der Waals surface area contributed by atoms with Crippen LogP contribution < -0.4 is 20.9 Å². The molecule has 0 saturated carbocycles. The van der Waals surface area contributed by atoms with Crippen LogP contribution in [0.1, 0.15) is 64.2 Å². The van der Waals surface area contributed by atoms with Gasteiger partial charge in [0.2, 0.25) is 5.91 Å². The van der Waals surface area contributed by atoms with Crippen LogP contribution in [0.2, 0.25) is 0 Å². The lowest BCUT2D eigenvalue weighted by Crippen LogP contribution is -2.44. The lowest BCUT2D eigenvalue weighted by molar-refractivity contribution is -0.122. The van der Waals surface area contributed by atoms with Crippen LogP contribution in [-0.4, -0.2) is 53.5 Å². The summed E-state index contributed by atoms with van der Waals surface area (Å²) >= 11 is 0. The van der Waals surface area contributed by atoms with Gasteiger partial charge in [-0.1, -0.05) is 36.4 Å². The quantitative estimate of drug-likeness (QED) is 0.186. The molecule has 0 spiro atoms. The Hall–Kier alpha value is -5.65. The molecule has 0 aliphatic carbocycles. The summed E-state index contributed by atoms with van der Waals surface area (Å²) in [6.45, 7) is 11.0. The zero-order valence-corrected chi connectivity index (χ0v) is 29.2. The first-order valence-electron chi connectivity index (χ1n) is 16.4. The van der Waals surface area contributed by atoms with E-state index in [1.165, 1.54) is 6.20 Å². The molecule has 12 heteroatoms. The van der Waals surface area contributed by atoms with E-state index in [-0.39, 0.29) is 31.4 Å². The van der Waals surface area contributed by atoms with E-state index in [0.29, 0.717) is 28.6 Å². The number of anilines is 3. The molecule has 0 fully saturated rings. The minimum Gasteiger partial charge on any atom is -0.449 e. The molecule has 2 aliphatic rings. The molecule has 1 aromatic heterocycles. The smallest absolute Gasteiger partial charge is 0.425 e. The van der Waals surface area contributed by atoms with Crippen molar-refractivity contribution in [2.24, 2.45) is 0 Å². The van der Waals surface area contributed by atoms with E-state index in [0.717, 1.165) is 21.6 Å². The van der Waals surface area contributed by atoms with E-state index >= 15 is 0 Å². The van der Waals surface area contributed by atoms with Crippen LogP contribution in [-0.2, 0) is 32.0 Å². The lowest BCUT2D eigenvalue weighted by atomic mass is 9.96. The molecule has 1 unspecified atom stereocenters.